The molecule has 0 amide bonds. The molecule has 0 aliphatic carbocycles. The van der Waals surface area contributed by atoms with Gasteiger partial charge in [-0.1, -0.05) is 55.9 Å². The van der Waals surface area contributed by atoms with Crippen molar-refractivity contribution < 1.29 is 17.6 Å². The fourth-order valence-corrected chi connectivity index (χ4v) is 4.13. The molecular formula is C31H26F4. The third kappa shape index (κ3) is 6.11. The molecule has 4 rings (SSSR count). The van der Waals surface area contributed by atoms with Crippen LogP contribution in [-0.2, 0) is 19.3 Å². The Balaban J connectivity index is 1.40. The van der Waals surface area contributed by atoms with Crippen LogP contribution in [0.3, 0.4) is 0 Å². The van der Waals surface area contributed by atoms with E-state index in [0.717, 1.165) is 36.5 Å². The molecule has 178 valence electrons. The van der Waals surface area contributed by atoms with Crippen LogP contribution >= 0.6 is 0 Å². The van der Waals surface area contributed by atoms with Crippen LogP contribution in [0.1, 0.15) is 54.0 Å². The van der Waals surface area contributed by atoms with Gasteiger partial charge in [-0.15, -0.1) is 0 Å². The van der Waals surface area contributed by atoms with E-state index < -0.39 is 23.3 Å². The summed E-state index contributed by atoms with van der Waals surface area (Å²) in [6.07, 6.45) is 4.55. The number of halogens is 4. The summed E-state index contributed by atoms with van der Waals surface area (Å²) in [5.74, 6) is 3.41. The van der Waals surface area contributed by atoms with Crippen LogP contribution in [-0.4, -0.2) is 0 Å². The lowest BCUT2D eigenvalue weighted by Gasteiger charge is -2.09. The van der Waals surface area contributed by atoms with Gasteiger partial charge in [-0.25, -0.2) is 17.6 Å². The van der Waals surface area contributed by atoms with E-state index in [1.165, 1.54) is 24.3 Å². The largest absolute Gasteiger partial charge is 0.207 e. The van der Waals surface area contributed by atoms with Crippen LogP contribution in [0, 0.1) is 35.1 Å². The van der Waals surface area contributed by atoms with E-state index >= 15 is 0 Å². The first kappa shape index (κ1) is 24.5. The molecule has 0 saturated carbocycles. The molecule has 4 heteroatoms. The predicted molar refractivity (Wildman–Crippen MR) is 133 cm³/mol. The quantitative estimate of drug-likeness (QED) is 0.144. The van der Waals surface area contributed by atoms with Gasteiger partial charge in [-0.05, 0) is 84.7 Å². The number of unbranched alkanes of at least 4 members (excludes halogenated alkanes) is 2. The Labute approximate surface area is 203 Å². The average molecular weight is 475 g/mol. The number of rotatable bonds is 7. The molecule has 4 aromatic carbocycles. The molecule has 0 atom stereocenters. The molecule has 0 fully saturated rings. The molecule has 0 saturated heterocycles. The monoisotopic (exact) mass is 474 g/mol. The molecule has 0 radical (unpaired) electrons. The van der Waals surface area contributed by atoms with Gasteiger partial charge in [-0.3, -0.25) is 0 Å². The maximum atomic E-state index is 14.5. The Morgan fingerprint density at radius 1 is 0.600 bits per heavy atom. The zero-order chi connectivity index (χ0) is 24.8. The molecule has 0 N–H and O–H groups in total. The maximum Gasteiger partial charge on any atom is 0.166 e. The summed E-state index contributed by atoms with van der Waals surface area (Å²) in [4.78, 5) is 0. The number of hydrogen-bond donors (Lipinski definition) is 0. The third-order valence-electron chi connectivity index (χ3n) is 6.15. The third-order valence-corrected chi connectivity index (χ3v) is 6.15. The van der Waals surface area contributed by atoms with Crippen molar-refractivity contribution in [2.24, 2.45) is 0 Å². The fraction of sp³-hybridized carbons (Fsp3) is 0.226. The van der Waals surface area contributed by atoms with Gasteiger partial charge in [0.05, 0.1) is 0 Å². The van der Waals surface area contributed by atoms with Crippen molar-refractivity contribution in [1.29, 1.82) is 0 Å². The molecule has 0 aliphatic heterocycles. The fourth-order valence-electron chi connectivity index (χ4n) is 4.13. The SMILES string of the molecule is CCCCCc1cc(F)c(CCc2ccc(C#Cc3ccc4c(F)c(F)ccc4c3)cc2)c(F)c1. The summed E-state index contributed by atoms with van der Waals surface area (Å²) in [6.45, 7) is 2.10. The van der Waals surface area contributed by atoms with Crippen molar-refractivity contribution in [3.63, 3.8) is 0 Å². The van der Waals surface area contributed by atoms with Gasteiger partial charge in [0.1, 0.15) is 11.6 Å². The second kappa shape index (κ2) is 11.2. The van der Waals surface area contributed by atoms with E-state index in [1.54, 1.807) is 12.1 Å². The summed E-state index contributed by atoms with van der Waals surface area (Å²) in [7, 11) is 0. The Morgan fingerprint density at radius 2 is 1.29 bits per heavy atom. The van der Waals surface area contributed by atoms with Crippen LogP contribution in [0.15, 0.2) is 66.7 Å². The second-order valence-corrected chi connectivity index (χ2v) is 8.74. The van der Waals surface area contributed by atoms with Crippen LogP contribution in [0.4, 0.5) is 17.6 Å². The lowest BCUT2D eigenvalue weighted by atomic mass is 9.99. The Bertz CT molecular complexity index is 1370. The molecule has 4 aromatic rings. The van der Waals surface area contributed by atoms with Gasteiger partial charge in [0, 0.05) is 22.1 Å². The van der Waals surface area contributed by atoms with Gasteiger partial charge in [0.25, 0.3) is 0 Å². The van der Waals surface area contributed by atoms with Crippen LogP contribution in [0.25, 0.3) is 10.8 Å². The first-order chi connectivity index (χ1) is 16.9. The van der Waals surface area contributed by atoms with Crippen molar-refractivity contribution in [1.82, 2.24) is 0 Å². The van der Waals surface area contributed by atoms with Gasteiger partial charge >= 0.3 is 0 Å². The van der Waals surface area contributed by atoms with Crippen LogP contribution in [0.5, 0.6) is 0 Å². The molecular weight excluding hydrogens is 448 g/mol. The Morgan fingerprint density at radius 3 is 2.00 bits per heavy atom. The lowest BCUT2D eigenvalue weighted by Crippen LogP contribution is -2.01. The molecule has 0 bridgehead atoms. The molecule has 0 spiro atoms. The van der Waals surface area contributed by atoms with Gasteiger partial charge in [0.2, 0.25) is 0 Å². The van der Waals surface area contributed by atoms with E-state index in [-0.39, 0.29) is 17.4 Å². The second-order valence-electron chi connectivity index (χ2n) is 8.74. The zero-order valence-electron chi connectivity index (χ0n) is 19.6. The van der Waals surface area contributed by atoms with Crippen molar-refractivity contribution in [2.75, 3.05) is 0 Å². The van der Waals surface area contributed by atoms with E-state index in [2.05, 4.69) is 18.8 Å². The van der Waals surface area contributed by atoms with Crippen LogP contribution < -0.4 is 0 Å². The molecule has 35 heavy (non-hydrogen) atoms. The number of aryl methyl sites for hydroxylation is 2. The minimum absolute atomic E-state index is 0.126. The molecule has 0 aromatic heterocycles. The van der Waals surface area contributed by atoms with Crippen molar-refractivity contribution >= 4 is 10.8 Å². The summed E-state index contributed by atoms with van der Waals surface area (Å²) < 4.78 is 56.2. The van der Waals surface area contributed by atoms with Gasteiger partial charge in [0.15, 0.2) is 11.6 Å². The topological polar surface area (TPSA) is 0 Å². The molecule has 0 aliphatic rings. The normalized spacial score (nSPS) is 10.9. The number of hydrogen-bond acceptors (Lipinski definition) is 0. The van der Waals surface area contributed by atoms with Crippen molar-refractivity contribution in [3.05, 3.63) is 118 Å². The van der Waals surface area contributed by atoms with E-state index in [1.807, 2.05) is 24.3 Å². The van der Waals surface area contributed by atoms with E-state index in [9.17, 15) is 17.6 Å². The predicted octanol–water partition coefficient (Wildman–Crippen LogP) is 8.31. The van der Waals surface area contributed by atoms with Gasteiger partial charge < -0.3 is 0 Å². The highest BCUT2D eigenvalue weighted by Gasteiger charge is 2.12. The Kier molecular flexibility index (Phi) is 7.87. The number of benzene rings is 4. The highest BCUT2D eigenvalue weighted by Crippen LogP contribution is 2.22. The van der Waals surface area contributed by atoms with Crippen molar-refractivity contribution in [3.8, 4) is 11.8 Å². The summed E-state index contributed by atoms with van der Waals surface area (Å²) in [5, 5.41) is 0.804. The highest BCUT2D eigenvalue weighted by atomic mass is 19.2. The Hall–Kier alpha value is -3.58. The molecule has 0 nitrogen and oxygen atoms in total. The maximum absolute atomic E-state index is 14.5. The van der Waals surface area contributed by atoms with E-state index in [0.29, 0.717) is 29.4 Å². The smallest absolute Gasteiger partial charge is 0.166 e. The minimum Gasteiger partial charge on any atom is -0.207 e. The minimum atomic E-state index is -0.874. The summed E-state index contributed by atoms with van der Waals surface area (Å²) >= 11 is 0. The first-order valence-corrected chi connectivity index (χ1v) is 11.9. The zero-order valence-corrected chi connectivity index (χ0v) is 19.6. The lowest BCUT2D eigenvalue weighted by molar-refractivity contribution is 0.517. The van der Waals surface area contributed by atoms with E-state index in [4.69, 9.17) is 0 Å². The molecule has 0 heterocycles. The summed E-state index contributed by atoms with van der Waals surface area (Å²) in [6, 6.07) is 18.0. The van der Waals surface area contributed by atoms with Crippen LogP contribution in [0.2, 0.25) is 0 Å². The molecule has 0 unspecified atom stereocenters. The average Bonchev–Trinajstić information content (AvgIpc) is 2.85. The van der Waals surface area contributed by atoms with Gasteiger partial charge in [-0.2, -0.15) is 0 Å². The number of fused-ring (bicyclic) bond motifs is 1. The standard InChI is InChI=1S/C31H26F4/c1-2-3-4-5-24-19-29(33)27(30(34)20-24)16-12-22-8-6-21(7-9-22)10-11-23-13-15-26-25(18-23)14-17-28(32)31(26)35/h6-9,13-15,17-20H,2-5,12,16H2,1H3. The van der Waals surface area contributed by atoms with Crippen molar-refractivity contribution in [2.45, 2.75) is 45.4 Å². The first-order valence-electron chi connectivity index (χ1n) is 11.9. The highest BCUT2D eigenvalue weighted by molar-refractivity contribution is 5.84. The summed E-state index contributed by atoms with van der Waals surface area (Å²) in [5.41, 5.74) is 3.28.